The van der Waals surface area contributed by atoms with Crippen LogP contribution >= 0.6 is 24.2 Å². The number of carbonyl (C=O) groups is 1. The molecule has 2 nitrogen and oxygen atoms in total. The number of hydrogen-bond acceptors (Lipinski definition) is 2. The summed E-state index contributed by atoms with van der Waals surface area (Å²) in [6.07, 6.45) is 0.697. The van der Waals surface area contributed by atoms with E-state index in [2.05, 4.69) is 12.6 Å². The van der Waals surface area contributed by atoms with Crippen molar-refractivity contribution >= 4 is 29.5 Å². The second-order valence-electron chi connectivity index (χ2n) is 2.31. The summed E-state index contributed by atoms with van der Waals surface area (Å²) in [5.41, 5.74) is -0.555. The highest BCUT2D eigenvalue weighted by Gasteiger charge is 2.23. The van der Waals surface area contributed by atoms with Gasteiger partial charge in [-0.05, 0) is 13.3 Å². The molecule has 10 heavy (non-hydrogen) atoms. The Labute approximate surface area is 71.3 Å². The Morgan fingerprint density at radius 1 is 1.80 bits per heavy atom. The molecule has 0 saturated carbocycles. The van der Waals surface area contributed by atoms with Gasteiger partial charge in [-0.2, -0.15) is 0 Å². The van der Waals surface area contributed by atoms with Crippen molar-refractivity contribution in [3.63, 3.8) is 0 Å². The lowest BCUT2D eigenvalue weighted by atomic mass is 10.1. The molecule has 60 valence electrons. The number of carbonyl (C=O) groups excluding carboxylic acids is 1. The van der Waals surface area contributed by atoms with Crippen LogP contribution in [0.3, 0.4) is 0 Å². The molecule has 0 fully saturated rings. The van der Waals surface area contributed by atoms with Gasteiger partial charge in [0.15, 0.2) is 0 Å². The van der Waals surface area contributed by atoms with E-state index in [9.17, 15) is 4.79 Å². The molecule has 0 aliphatic heterocycles. The van der Waals surface area contributed by atoms with E-state index in [1.165, 1.54) is 0 Å². The first-order chi connectivity index (χ1) is 4.54. The summed E-state index contributed by atoms with van der Waals surface area (Å²) in [4.78, 5) is 10.4. The second-order valence-corrected chi connectivity index (χ2v) is 2.94. The van der Waals surface area contributed by atoms with Crippen molar-refractivity contribution in [1.29, 1.82) is 0 Å². The van der Waals surface area contributed by atoms with Gasteiger partial charge in [0.2, 0.25) is 0 Å². The molecule has 0 rings (SSSR count). The Balaban J connectivity index is 3.92. The van der Waals surface area contributed by atoms with Crippen LogP contribution in [0, 0.1) is 0 Å². The largest absolute Gasteiger partial charge is 0.450 e. The third-order valence-electron chi connectivity index (χ3n) is 1.36. The minimum absolute atomic E-state index is 0.301. The first-order valence-corrected chi connectivity index (χ1v) is 4.00. The SMILES string of the molecule is CCC(C)(CCl)OC(=O)S. The van der Waals surface area contributed by atoms with Crippen LogP contribution in [0.5, 0.6) is 0 Å². The first kappa shape index (κ1) is 10.1. The fraction of sp³-hybridized carbons (Fsp3) is 0.833. The Morgan fingerprint density at radius 3 is 2.40 bits per heavy atom. The Kier molecular flexibility index (Phi) is 4.13. The average molecular weight is 183 g/mol. The normalized spacial score (nSPS) is 16.0. The molecule has 0 aliphatic carbocycles. The Hall–Kier alpha value is 0.110. The third kappa shape index (κ3) is 3.32. The van der Waals surface area contributed by atoms with Crippen LogP contribution in [-0.4, -0.2) is 16.8 Å². The van der Waals surface area contributed by atoms with Crippen molar-refractivity contribution in [3.8, 4) is 0 Å². The summed E-state index contributed by atoms with van der Waals surface area (Å²) in [5, 5.41) is -0.579. The molecule has 0 aromatic carbocycles. The van der Waals surface area contributed by atoms with Gasteiger partial charge in [0.1, 0.15) is 5.60 Å². The van der Waals surface area contributed by atoms with Crippen LogP contribution in [0.15, 0.2) is 0 Å². The maximum Gasteiger partial charge on any atom is 0.364 e. The first-order valence-electron chi connectivity index (χ1n) is 3.02. The quantitative estimate of drug-likeness (QED) is 0.412. The number of ether oxygens (including phenoxy) is 1. The number of rotatable bonds is 3. The van der Waals surface area contributed by atoms with E-state index in [0.29, 0.717) is 12.3 Å². The monoisotopic (exact) mass is 182 g/mol. The van der Waals surface area contributed by atoms with Crippen molar-refractivity contribution < 1.29 is 9.53 Å². The van der Waals surface area contributed by atoms with Gasteiger partial charge >= 0.3 is 5.30 Å². The zero-order valence-electron chi connectivity index (χ0n) is 6.06. The fourth-order valence-corrected chi connectivity index (χ4v) is 0.869. The van der Waals surface area contributed by atoms with Gasteiger partial charge in [-0.1, -0.05) is 19.6 Å². The number of thiol groups is 1. The highest BCUT2D eigenvalue weighted by molar-refractivity contribution is 7.96. The highest BCUT2D eigenvalue weighted by atomic mass is 35.5. The van der Waals surface area contributed by atoms with Gasteiger partial charge < -0.3 is 4.74 Å². The minimum Gasteiger partial charge on any atom is -0.450 e. The lowest BCUT2D eigenvalue weighted by Crippen LogP contribution is -2.30. The van der Waals surface area contributed by atoms with Gasteiger partial charge in [-0.3, -0.25) is 0 Å². The van der Waals surface area contributed by atoms with Gasteiger partial charge in [0, 0.05) is 0 Å². The third-order valence-corrected chi connectivity index (χ3v) is 2.02. The molecule has 0 radical (unpaired) electrons. The molecular formula is C6H11ClO2S. The maximum absolute atomic E-state index is 10.4. The zero-order chi connectivity index (χ0) is 8.20. The van der Waals surface area contributed by atoms with Crippen molar-refractivity contribution in [2.75, 3.05) is 5.88 Å². The molecular weight excluding hydrogens is 172 g/mol. The van der Waals surface area contributed by atoms with E-state index in [0.717, 1.165) is 0 Å². The summed E-state index contributed by atoms with van der Waals surface area (Å²) in [5.74, 6) is 0.301. The molecule has 1 atom stereocenters. The van der Waals surface area contributed by atoms with E-state index in [1.54, 1.807) is 6.92 Å². The molecule has 0 amide bonds. The lowest BCUT2D eigenvalue weighted by molar-refractivity contribution is 0.0587. The molecule has 0 heterocycles. The summed E-state index contributed by atoms with van der Waals surface area (Å²) in [6.45, 7) is 3.67. The summed E-state index contributed by atoms with van der Waals surface area (Å²) in [6, 6.07) is 0. The average Bonchev–Trinajstić information content (AvgIpc) is 1.87. The molecule has 1 unspecified atom stereocenters. The van der Waals surface area contributed by atoms with E-state index >= 15 is 0 Å². The van der Waals surface area contributed by atoms with Crippen molar-refractivity contribution in [3.05, 3.63) is 0 Å². The molecule has 0 bridgehead atoms. The van der Waals surface area contributed by atoms with Gasteiger partial charge in [0.05, 0.1) is 5.88 Å². The predicted molar refractivity (Wildman–Crippen MR) is 44.9 cm³/mol. The van der Waals surface area contributed by atoms with Gasteiger partial charge in [-0.15, -0.1) is 11.6 Å². The fourth-order valence-electron chi connectivity index (χ4n) is 0.405. The standard InChI is InChI=1S/C6H11ClO2S/c1-3-6(2,4-7)9-5(8)10/h3-4H2,1-2H3,(H,8,10). The summed E-state index contributed by atoms with van der Waals surface area (Å²) >= 11 is 9.02. The topological polar surface area (TPSA) is 26.3 Å². The highest BCUT2D eigenvalue weighted by Crippen LogP contribution is 2.17. The van der Waals surface area contributed by atoms with Crippen LogP contribution in [0.25, 0.3) is 0 Å². The summed E-state index contributed by atoms with van der Waals surface area (Å²) in [7, 11) is 0. The van der Waals surface area contributed by atoms with Crippen LogP contribution < -0.4 is 0 Å². The van der Waals surface area contributed by atoms with Crippen molar-refractivity contribution in [2.24, 2.45) is 0 Å². The molecule has 0 N–H and O–H groups in total. The Morgan fingerprint density at radius 2 is 2.30 bits per heavy atom. The van der Waals surface area contributed by atoms with Crippen LogP contribution in [-0.2, 0) is 4.74 Å². The van der Waals surface area contributed by atoms with Crippen molar-refractivity contribution in [2.45, 2.75) is 25.9 Å². The van der Waals surface area contributed by atoms with E-state index in [4.69, 9.17) is 16.3 Å². The number of alkyl halides is 1. The molecule has 0 saturated heterocycles. The Bertz CT molecular complexity index is 123. The number of hydrogen-bond donors (Lipinski definition) is 1. The second kappa shape index (κ2) is 4.09. The van der Waals surface area contributed by atoms with E-state index in [1.807, 2.05) is 6.92 Å². The van der Waals surface area contributed by atoms with Gasteiger partial charge in [0.25, 0.3) is 0 Å². The van der Waals surface area contributed by atoms with Crippen LogP contribution in [0.2, 0.25) is 0 Å². The zero-order valence-corrected chi connectivity index (χ0v) is 7.71. The number of halogens is 1. The smallest absolute Gasteiger partial charge is 0.364 e. The lowest BCUT2D eigenvalue weighted by Gasteiger charge is -2.24. The minimum atomic E-state index is -0.579. The molecule has 0 aromatic rings. The molecule has 4 heteroatoms. The maximum atomic E-state index is 10.4. The van der Waals surface area contributed by atoms with Crippen LogP contribution in [0.1, 0.15) is 20.3 Å². The molecule has 0 aliphatic rings. The summed E-state index contributed by atoms with van der Waals surface area (Å²) < 4.78 is 4.83. The van der Waals surface area contributed by atoms with Gasteiger partial charge in [-0.25, -0.2) is 4.79 Å². The van der Waals surface area contributed by atoms with E-state index < -0.39 is 10.9 Å². The van der Waals surface area contributed by atoms with Crippen LogP contribution in [0.4, 0.5) is 4.79 Å². The van der Waals surface area contributed by atoms with E-state index in [-0.39, 0.29) is 0 Å². The van der Waals surface area contributed by atoms with Crippen molar-refractivity contribution in [1.82, 2.24) is 0 Å². The molecule has 0 aromatic heterocycles. The molecule has 0 spiro atoms. The predicted octanol–water partition coefficient (Wildman–Crippen LogP) is 2.46.